The smallest absolute Gasteiger partial charge is 0.218 e. The van der Waals surface area contributed by atoms with Crippen LogP contribution in [0.3, 0.4) is 0 Å². The highest BCUT2D eigenvalue weighted by Crippen LogP contribution is 2.28. The molecule has 124 valence electrons. The van der Waals surface area contributed by atoms with Crippen LogP contribution in [0.1, 0.15) is 37.3 Å². The van der Waals surface area contributed by atoms with E-state index in [1.165, 1.54) is 6.42 Å². The number of piperazine rings is 1. The van der Waals surface area contributed by atoms with Crippen molar-refractivity contribution in [2.75, 3.05) is 19.6 Å². The van der Waals surface area contributed by atoms with Crippen LogP contribution in [0.25, 0.3) is 0 Å². The highest BCUT2D eigenvalue weighted by Gasteiger charge is 2.40. The van der Waals surface area contributed by atoms with E-state index < -0.39 is 10.0 Å². The fraction of sp³-hybridized carbons (Fsp3) is 0.588. The number of nitriles is 1. The molecule has 2 saturated heterocycles. The molecule has 1 aromatic rings. The van der Waals surface area contributed by atoms with E-state index in [2.05, 4.69) is 17.9 Å². The summed E-state index contributed by atoms with van der Waals surface area (Å²) in [7, 11) is -3.36. The first-order chi connectivity index (χ1) is 11.0. The number of benzene rings is 1. The number of nitrogens with zero attached hydrogens (tertiary/aromatic N) is 3. The molecule has 1 aromatic carbocycles. The Morgan fingerprint density at radius 3 is 2.91 bits per heavy atom. The lowest BCUT2D eigenvalue weighted by Crippen LogP contribution is -2.57. The van der Waals surface area contributed by atoms with Gasteiger partial charge in [0, 0.05) is 25.2 Å². The summed E-state index contributed by atoms with van der Waals surface area (Å²) in [4.78, 5) is 2.44. The molecule has 23 heavy (non-hydrogen) atoms. The second-order valence-corrected chi connectivity index (χ2v) is 8.41. The highest BCUT2D eigenvalue weighted by molar-refractivity contribution is 7.88. The minimum absolute atomic E-state index is 0.0221. The van der Waals surface area contributed by atoms with Crippen molar-refractivity contribution in [3.8, 4) is 6.07 Å². The number of hydrogen-bond acceptors (Lipinski definition) is 4. The zero-order valence-electron chi connectivity index (χ0n) is 13.5. The summed E-state index contributed by atoms with van der Waals surface area (Å²) in [5.41, 5.74) is 1.19. The average Bonchev–Trinajstić information content (AvgIpc) is 3.00. The average molecular weight is 333 g/mol. The third-order valence-corrected chi connectivity index (χ3v) is 6.84. The zero-order valence-corrected chi connectivity index (χ0v) is 14.3. The van der Waals surface area contributed by atoms with Gasteiger partial charge in [0.15, 0.2) is 0 Å². The molecule has 0 unspecified atom stereocenters. The van der Waals surface area contributed by atoms with Gasteiger partial charge in [-0.15, -0.1) is 0 Å². The molecule has 5 nitrogen and oxygen atoms in total. The number of sulfonamides is 1. The zero-order chi connectivity index (χ0) is 16.4. The Bertz CT molecular complexity index is 711. The van der Waals surface area contributed by atoms with Crippen molar-refractivity contribution in [3.05, 3.63) is 35.4 Å². The first-order valence-corrected chi connectivity index (χ1v) is 9.87. The lowest BCUT2D eigenvalue weighted by atomic mass is 10.1. The first-order valence-electron chi connectivity index (χ1n) is 8.26. The predicted molar refractivity (Wildman–Crippen MR) is 89.2 cm³/mol. The second kappa shape index (κ2) is 6.60. The third kappa shape index (κ3) is 3.42. The summed E-state index contributed by atoms with van der Waals surface area (Å²) in [6, 6.07) is 9.40. The van der Waals surface area contributed by atoms with Crippen LogP contribution >= 0.6 is 0 Å². The number of rotatable bonds is 4. The van der Waals surface area contributed by atoms with Gasteiger partial charge in [0.1, 0.15) is 0 Å². The molecule has 3 rings (SSSR count). The van der Waals surface area contributed by atoms with E-state index in [4.69, 9.17) is 5.26 Å². The van der Waals surface area contributed by atoms with Crippen molar-refractivity contribution in [1.29, 1.82) is 5.26 Å². The van der Waals surface area contributed by atoms with Crippen LogP contribution in [0, 0.1) is 11.3 Å². The van der Waals surface area contributed by atoms with E-state index in [9.17, 15) is 8.42 Å². The van der Waals surface area contributed by atoms with E-state index in [-0.39, 0.29) is 11.8 Å². The van der Waals surface area contributed by atoms with Gasteiger partial charge in [-0.25, -0.2) is 8.42 Å². The summed E-state index contributed by atoms with van der Waals surface area (Å²) in [6.07, 6.45) is 3.09. The Morgan fingerprint density at radius 2 is 2.17 bits per heavy atom. The van der Waals surface area contributed by atoms with Crippen LogP contribution < -0.4 is 0 Å². The molecule has 0 saturated carbocycles. The summed E-state index contributed by atoms with van der Waals surface area (Å²) in [5, 5.41) is 8.98. The van der Waals surface area contributed by atoms with E-state index >= 15 is 0 Å². The molecule has 0 N–H and O–H groups in total. The first kappa shape index (κ1) is 16.4. The molecule has 0 amide bonds. The maximum absolute atomic E-state index is 12.9. The molecule has 2 aliphatic heterocycles. The highest BCUT2D eigenvalue weighted by atomic mass is 32.2. The van der Waals surface area contributed by atoms with Crippen molar-refractivity contribution in [2.45, 2.75) is 44.0 Å². The maximum atomic E-state index is 12.9. The van der Waals surface area contributed by atoms with Crippen LogP contribution in [0.4, 0.5) is 0 Å². The monoisotopic (exact) mass is 333 g/mol. The fourth-order valence-corrected chi connectivity index (χ4v) is 5.59. The number of fused-ring (bicyclic) bond motifs is 1. The molecule has 0 aromatic heterocycles. The van der Waals surface area contributed by atoms with E-state index in [1.54, 1.807) is 28.6 Å². The Morgan fingerprint density at radius 1 is 1.35 bits per heavy atom. The quantitative estimate of drug-likeness (QED) is 0.845. The van der Waals surface area contributed by atoms with Crippen LogP contribution in [-0.2, 0) is 15.8 Å². The molecule has 0 bridgehead atoms. The van der Waals surface area contributed by atoms with Crippen molar-refractivity contribution in [2.24, 2.45) is 0 Å². The molecule has 0 aliphatic carbocycles. The van der Waals surface area contributed by atoms with Gasteiger partial charge in [-0.3, -0.25) is 4.90 Å². The van der Waals surface area contributed by atoms with E-state index in [0.29, 0.717) is 23.7 Å². The minimum Gasteiger partial charge on any atom is -0.297 e. The Labute approximate surface area is 138 Å². The van der Waals surface area contributed by atoms with Gasteiger partial charge < -0.3 is 0 Å². The van der Waals surface area contributed by atoms with Crippen molar-refractivity contribution in [1.82, 2.24) is 9.21 Å². The van der Waals surface area contributed by atoms with Gasteiger partial charge in [0.2, 0.25) is 10.0 Å². The van der Waals surface area contributed by atoms with Crippen molar-refractivity contribution >= 4 is 10.0 Å². The van der Waals surface area contributed by atoms with E-state index in [0.717, 1.165) is 25.9 Å². The SMILES string of the molecule is CC[C@@H]1CN2CCC[C@H]2CN1S(=O)(=O)Cc1cccc(C#N)c1. The molecular formula is C17H23N3O2S. The molecule has 2 fully saturated rings. The van der Waals surface area contributed by atoms with Crippen LogP contribution in [0.5, 0.6) is 0 Å². The summed E-state index contributed by atoms with van der Waals surface area (Å²) in [6.45, 7) is 4.61. The molecule has 2 heterocycles. The molecule has 2 atom stereocenters. The van der Waals surface area contributed by atoms with Gasteiger partial charge in [-0.1, -0.05) is 19.1 Å². The van der Waals surface area contributed by atoms with Crippen LogP contribution in [0.15, 0.2) is 24.3 Å². The fourth-order valence-electron chi connectivity index (χ4n) is 3.76. The maximum Gasteiger partial charge on any atom is 0.218 e. The van der Waals surface area contributed by atoms with Gasteiger partial charge in [0.05, 0.1) is 17.4 Å². The lowest BCUT2D eigenvalue weighted by molar-refractivity contribution is 0.106. The topological polar surface area (TPSA) is 64.4 Å². The Hall–Kier alpha value is -1.42. The number of hydrogen-bond donors (Lipinski definition) is 0. The minimum atomic E-state index is -3.36. The summed E-state index contributed by atoms with van der Waals surface area (Å²) >= 11 is 0. The molecule has 2 aliphatic rings. The van der Waals surface area contributed by atoms with E-state index in [1.807, 2.05) is 0 Å². The van der Waals surface area contributed by atoms with Gasteiger partial charge in [-0.05, 0) is 43.5 Å². The lowest BCUT2D eigenvalue weighted by Gasteiger charge is -2.42. The standard InChI is InChI=1S/C17H23N3O2S/c1-2-16-11-19-8-4-7-17(19)12-20(16)23(21,22)13-15-6-3-5-14(9-15)10-18/h3,5-6,9,16-17H,2,4,7-8,11-13H2,1H3/t16-,17+/m1/s1. The van der Waals surface area contributed by atoms with Gasteiger partial charge in [-0.2, -0.15) is 9.57 Å². The van der Waals surface area contributed by atoms with Crippen molar-refractivity contribution in [3.63, 3.8) is 0 Å². The van der Waals surface area contributed by atoms with Crippen LogP contribution in [0.2, 0.25) is 0 Å². The second-order valence-electron chi connectivity index (χ2n) is 6.49. The van der Waals surface area contributed by atoms with Gasteiger partial charge in [0.25, 0.3) is 0 Å². The molecular weight excluding hydrogens is 310 g/mol. The summed E-state index contributed by atoms with van der Waals surface area (Å²) in [5.74, 6) is -0.0221. The predicted octanol–water partition coefficient (Wildman–Crippen LogP) is 1.95. The van der Waals surface area contributed by atoms with Crippen LogP contribution in [-0.4, -0.2) is 49.3 Å². The normalized spacial score (nSPS) is 25.9. The molecule has 0 spiro atoms. The third-order valence-electron chi connectivity index (χ3n) is 4.98. The molecule has 0 radical (unpaired) electrons. The Kier molecular flexibility index (Phi) is 4.72. The van der Waals surface area contributed by atoms with Crippen molar-refractivity contribution < 1.29 is 8.42 Å². The largest absolute Gasteiger partial charge is 0.297 e. The van der Waals surface area contributed by atoms with Gasteiger partial charge >= 0.3 is 0 Å². The summed E-state index contributed by atoms with van der Waals surface area (Å²) < 4.78 is 27.6. The Balaban J connectivity index is 1.81. The molecule has 6 heteroatoms.